The van der Waals surface area contributed by atoms with Gasteiger partial charge >= 0.3 is 0 Å². The second-order valence-corrected chi connectivity index (χ2v) is 7.10. The highest BCUT2D eigenvalue weighted by molar-refractivity contribution is 6.00. The number of H-pyrrole nitrogens is 1. The lowest BCUT2D eigenvalue weighted by Gasteiger charge is -2.11. The zero-order valence-electron chi connectivity index (χ0n) is 15.9. The number of carbonyl (C=O) groups is 1. The number of rotatable bonds is 3. The number of aromatic amines is 1. The van der Waals surface area contributed by atoms with Crippen molar-refractivity contribution in [3.63, 3.8) is 0 Å². The standard InChI is InChI=1S/C21H17N7O/c1-11-20(17(9-22)27-26-11)21-14(12(2)29)3-4-19(25-21)28-10-24-16-8-15-13(5-6-23-15)7-18(16)28/h3-4,7-8,10,23H,5-6H2,1-2H3,(H,26,27). The van der Waals surface area contributed by atoms with Crippen molar-refractivity contribution in [1.29, 1.82) is 5.26 Å². The van der Waals surface area contributed by atoms with Crippen molar-refractivity contribution in [3.05, 3.63) is 53.1 Å². The molecular formula is C21H17N7O. The summed E-state index contributed by atoms with van der Waals surface area (Å²) in [7, 11) is 0. The van der Waals surface area contributed by atoms with Crippen LogP contribution in [0.3, 0.4) is 0 Å². The van der Waals surface area contributed by atoms with Crippen LogP contribution in [0.1, 0.15) is 34.2 Å². The number of Topliss-reactive ketones (excluding diaryl/α,β-unsaturated/α-hetero) is 1. The molecule has 142 valence electrons. The smallest absolute Gasteiger partial charge is 0.171 e. The maximum atomic E-state index is 12.2. The van der Waals surface area contributed by atoms with Crippen molar-refractivity contribution in [2.45, 2.75) is 20.3 Å². The molecule has 5 rings (SSSR count). The van der Waals surface area contributed by atoms with Crippen LogP contribution in [0.2, 0.25) is 0 Å². The third-order valence-corrected chi connectivity index (χ3v) is 5.28. The zero-order chi connectivity index (χ0) is 20.1. The lowest BCUT2D eigenvalue weighted by Crippen LogP contribution is -2.05. The van der Waals surface area contributed by atoms with Crippen LogP contribution in [0.5, 0.6) is 0 Å². The van der Waals surface area contributed by atoms with Gasteiger partial charge in [-0.2, -0.15) is 10.4 Å². The molecule has 0 saturated carbocycles. The number of hydrogen-bond acceptors (Lipinski definition) is 6. The number of aromatic nitrogens is 5. The third-order valence-electron chi connectivity index (χ3n) is 5.28. The van der Waals surface area contributed by atoms with Gasteiger partial charge in [-0.3, -0.25) is 14.5 Å². The van der Waals surface area contributed by atoms with E-state index in [1.54, 1.807) is 18.5 Å². The predicted octanol–water partition coefficient (Wildman–Crippen LogP) is 3.16. The summed E-state index contributed by atoms with van der Waals surface area (Å²) < 4.78 is 1.91. The molecule has 0 aliphatic carbocycles. The van der Waals surface area contributed by atoms with E-state index >= 15 is 0 Å². The molecule has 0 amide bonds. The number of imidazole rings is 1. The largest absolute Gasteiger partial charge is 0.384 e. The van der Waals surface area contributed by atoms with Crippen LogP contribution in [0.15, 0.2) is 30.6 Å². The summed E-state index contributed by atoms with van der Waals surface area (Å²) >= 11 is 0. The molecule has 3 aromatic heterocycles. The van der Waals surface area contributed by atoms with Crippen LogP contribution >= 0.6 is 0 Å². The number of hydrogen-bond donors (Lipinski definition) is 2. The molecule has 0 spiro atoms. The number of nitrogens with one attached hydrogen (secondary N) is 2. The number of nitriles is 1. The van der Waals surface area contributed by atoms with Gasteiger partial charge < -0.3 is 5.32 Å². The predicted molar refractivity (Wildman–Crippen MR) is 108 cm³/mol. The van der Waals surface area contributed by atoms with Gasteiger partial charge in [0.2, 0.25) is 0 Å². The molecule has 29 heavy (non-hydrogen) atoms. The van der Waals surface area contributed by atoms with E-state index in [4.69, 9.17) is 4.98 Å². The minimum absolute atomic E-state index is 0.122. The summed E-state index contributed by atoms with van der Waals surface area (Å²) in [5.41, 5.74) is 6.54. The number of carbonyl (C=O) groups excluding carboxylic acids is 1. The van der Waals surface area contributed by atoms with Gasteiger partial charge in [0.05, 0.1) is 22.3 Å². The molecule has 1 aliphatic heterocycles. The number of benzene rings is 1. The monoisotopic (exact) mass is 383 g/mol. The topological polar surface area (TPSA) is 112 Å². The fourth-order valence-corrected chi connectivity index (χ4v) is 3.84. The maximum Gasteiger partial charge on any atom is 0.171 e. The summed E-state index contributed by atoms with van der Waals surface area (Å²) in [5, 5.41) is 19.6. The first-order valence-electron chi connectivity index (χ1n) is 9.28. The molecule has 4 heterocycles. The van der Waals surface area contributed by atoms with Gasteiger partial charge in [0.1, 0.15) is 18.2 Å². The number of pyridine rings is 1. The number of ketones is 1. The first kappa shape index (κ1) is 17.1. The van der Waals surface area contributed by atoms with E-state index in [1.165, 1.54) is 12.5 Å². The number of aryl methyl sites for hydroxylation is 1. The minimum atomic E-state index is -0.122. The van der Waals surface area contributed by atoms with Crippen molar-refractivity contribution in [1.82, 2.24) is 24.7 Å². The Kier molecular flexibility index (Phi) is 3.71. The molecule has 1 aliphatic rings. The summed E-state index contributed by atoms with van der Waals surface area (Å²) in [5.74, 6) is 0.505. The Labute approximate surface area is 166 Å². The molecule has 0 unspecified atom stereocenters. The van der Waals surface area contributed by atoms with Gasteiger partial charge in [-0.25, -0.2) is 9.97 Å². The SMILES string of the molecule is CC(=O)c1ccc(-n2cnc3cc4c(cc32)CCN4)nc1-c1c(C#N)n[nH]c1C. The van der Waals surface area contributed by atoms with Crippen LogP contribution in [-0.4, -0.2) is 37.1 Å². The van der Waals surface area contributed by atoms with Gasteiger partial charge in [0.25, 0.3) is 0 Å². The number of nitrogens with zero attached hydrogens (tertiary/aromatic N) is 5. The van der Waals surface area contributed by atoms with Crippen molar-refractivity contribution >= 4 is 22.5 Å². The summed E-state index contributed by atoms with van der Waals surface area (Å²) in [6.45, 7) is 4.23. The highest BCUT2D eigenvalue weighted by Crippen LogP contribution is 2.31. The molecule has 0 radical (unpaired) electrons. The van der Waals surface area contributed by atoms with Gasteiger partial charge in [-0.1, -0.05) is 0 Å². The van der Waals surface area contributed by atoms with Crippen LogP contribution in [0, 0.1) is 18.3 Å². The normalized spacial score (nSPS) is 12.6. The average molecular weight is 383 g/mol. The Morgan fingerprint density at radius 2 is 2.17 bits per heavy atom. The second-order valence-electron chi connectivity index (χ2n) is 7.10. The van der Waals surface area contributed by atoms with Gasteiger partial charge in [-0.15, -0.1) is 0 Å². The summed E-state index contributed by atoms with van der Waals surface area (Å²) in [6, 6.07) is 9.79. The molecule has 8 nitrogen and oxygen atoms in total. The molecule has 0 bridgehead atoms. The van der Waals surface area contributed by atoms with E-state index in [2.05, 4.69) is 32.6 Å². The average Bonchev–Trinajstić information content (AvgIpc) is 3.43. The molecule has 8 heteroatoms. The van der Waals surface area contributed by atoms with Crippen LogP contribution < -0.4 is 5.32 Å². The van der Waals surface area contributed by atoms with Crippen molar-refractivity contribution < 1.29 is 4.79 Å². The molecule has 4 aromatic rings. The Bertz CT molecular complexity index is 1340. The first-order valence-corrected chi connectivity index (χ1v) is 9.28. The Balaban J connectivity index is 1.74. The lowest BCUT2D eigenvalue weighted by atomic mass is 10.0. The first-order chi connectivity index (χ1) is 14.1. The fourth-order valence-electron chi connectivity index (χ4n) is 3.84. The molecule has 1 aromatic carbocycles. The summed E-state index contributed by atoms with van der Waals surface area (Å²) in [4.78, 5) is 21.5. The third kappa shape index (κ3) is 2.59. The summed E-state index contributed by atoms with van der Waals surface area (Å²) in [6.07, 6.45) is 2.70. The molecular weight excluding hydrogens is 366 g/mol. The van der Waals surface area contributed by atoms with Gasteiger partial charge in [0.15, 0.2) is 11.5 Å². The second kappa shape index (κ2) is 6.27. The minimum Gasteiger partial charge on any atom is -0.384 e. The van der Waals surface area contributed by atoms with E-state index in [0.29, 0.717) is 28.3 Å². The van der Waals surface area contributed by atoms with Gasteiger partial charge in [0, 0.05) is 23.5 Å². The fraction of sp³-hybridized carbons (Fsp3) is 0.190. The van der Waals surface area contributed by atoms with E-state index in [1.807, 2.05) is 17.6 Å². The highest BCUT2D eigenvalue weighted by Gasteiger charge is 2.21. The molecule has 0 fully saturated rings. The molecule has 0 saturated heterocycles. The quantitative estimate of drug-likeness (QED) is 0.526. The van der Waals surface area contributed by atoms with Crippen molar-refractivity contribution in [2.75, 3.05) is 11.9 Å². The van der Waals surface area contributed by atoms with E-state index < -0.39 is 0 Å². The van der Waals surface area contributed by atoms with Crippen LogP contribution in [-0.2, 0) is 6.42 Å². The van der Waals surface area contributed by atoms with E-state index in [-0.39, 0.29) is 11.5 Å². The number of anilines is 1. The molecule has 2 N–H and O–H groups in total. The molecule has 0 atom stereocenters. The zero-order valence-corrected chi connectivity index (χ0v) is 15.9. The highest BCUT2D eigenvalue weighted by atomic mass is 16.1. The van der Waals surface area contributed by atoms with Crippen molar-refractivity contribution in [3.8, 4) is 23.1 Å². The van der Waals surface area contributed by atoms with E-state index in [9.17, 15) is 10.1 Å². The van der Waals surface area contributed by atoms with Gasteiger partial charge in [-0.05, 0) is 50.1 Å². The Morgan fingerprint density at radius 3 is 2.97 bits per heavy atom. The Morgan fingerprint density at radius 1 is 1.31 bits per heavy atom. The maximum absolute atomic E-state index is 12.2. The number of fused-ring (bicyclic) bond motifs is 2. The van der Waals surface area contributed by atoms with Crippen LogP contribution in [0.25, 0.3) is 28.1 Å². The van der Waals surface area contributed by atoms with Crippen LogP contribution in [0.4, 0.5) is 5.69 Å². The Hall–Kier alpha value is -3.99. The van der Waals surface area contributed by atoms with E-state index in [0.717, 1.165) is 29.7 Å². The lowest BCUT2D eigenvalue weighted by molar-refractivity contribution is 0.101. The van der Waals surface area contributed by atoms with Crippen molar-refractivity contribution in [2.24, 2.45) is 0 Å².